The number of carbonyl (C=O) groups is 1. The number of nitrogens with one attached hydrogen (secondary N) is 1. The molecule has 1 aromatic carbocycles. The standard InChI is InChI=1S/C14H17F2NO3/c1-3-4-8-20-9-7-17-11-6-5-10(14(18)19-2)12(15)13(11)16/h3,5-6,17H,1,4,7-9H2,2H3. The second kappa shape index (κ2) is 8.27. The van der Waals surface area contributed by atoms with E-state index in [9.17, 15) is 13.6 Å². The molecule has 0 atom stereocenters. The van der Waals surface area contributed by atoms with Crippen LogP contribution in [0, 0.1) is 11.6 Å². The highest BCUT2D eigenvalue weighted by Gasteiger charge is 2.18. The molecule has 0 heterocycles. The highest BCUT2D eigenvalue weighted by atomic mass is 19.2. The van der Waals surface area contributed by atoms with Crippen LogP contribution < -0.4 is 5.32 Å². The lowest BCUT2D eigenvalue weighted by Crippen LogP contribution is -2.13. The van der Waals surface area contributed by atoms with Crippen molar-refractivity contribution in [2.45, 2.75) is 6.42 Å². The van der Waals surface area contributed by atoms with Gasteiger partial charge >= 0.3 is 5.97 Å². The zero-order chi connectivity index (χ0) is 15.0. The van der Waals surface area contributed by atoms with Crippen LogP contribution in [0.2, 0.25) is 0 Å². The molecule has 0 bridgehead atoms. The first-order valence-corrected chi connectivity index (χ1v) is 6.10. The van der Waals surface area contributed by atoms with Gasteiger partial charge in [0.15, 0.2) is 11.6 Å². The molecule has 0 aliphatic heterocycles. The van der Waals surface area contributed by atoms with Crippen LogP contribution in [0.25, 0.3) is 0 Å². The first-order chi connectivity index (χ1) is 9.61. The molecule has 0 amide bonds. The van der Waals surface area contributed by atoms with Gasteiger partial charge in [-0.1, -0.05) is 6.08 Å². The van der Waals surface area contributed by atoms with Gasteiger partial charge in [0, 0.05) is 6.54 Å². The van der Waals surface area contributed by atoms with E-state index in [1.807, 2.05) is 0 Å². The summed E-state index contributed by atoms with van der Waals surface area (Å²) in [7, 11) is 1.10. The molecule has 6 heteroatoms. The molecular weight excluding hydrogens is 268 g/mol. The Morgan fingerprint density at radius 3 is 2.75 bits per heavy atom. The molecule has 20 heavy (non-hydrogen) atoms. The normalized spacial score (nSPS) is 10.2. The van der Waals surface area contributed by atoms with Crippen molar-refractivity contribution < 1.29 is 23.0 Å². The monoisotopic (exact) mass is 285 g/mol. The van der Waals surface area contributed by atoms with Crippen molar-refractivity contribution >= 4 is 11.7 Å². The number of hydrogen-bond donors (Lipinski definition) is 1. The van der Waals surface area contributed by atoms with Gasteiger partial charge in [-0.25, -0.2) is 13.6 Å². The smallest absolute Gasteiger partial charge is 0.340 e. The van der Waals surface area contributed by atoms with E-state index in [0.717, 1.165) is 13.5 Å². The average molecular weight is 285 g/mol. The third-order valence-corrected chi connectivity index (χ3v) is 2.52. The maximum absolute atomic E-state index is 13.7. The Morgan fingerprint density at radius 1 is 1.35 bits per heavy atom. The van der Waals surface area contributed by atoms with Gasteiger partial charge in [0.05, 0.1) is 31.6 Å². The molecule has 110 valence electrons. The molecular formula is C14H17F2NO3. The van der Waals surface area contributed by atoms with Crippen LogP contribution in [0.4, 0.5) is 14.5 Å². The summed E-state index contributed by atoms with van der Waals surface area (Å²) >= 11 is 0. The summed E-state index contributed by atoms with van der Waals surface area (Å²) < 4.78 is 36.9. The van der Waals surface area contributed by atoms with Crippen molar-refractivity contribution in [2.75, 3.05) is 32.2 Å². The van der Waals surface area contributed by atoms with Gasteiger partial charge in [0.25, 0.3) is 0 Å². The van der Waals surface area contributed by atoms with E-state index in [2.05, 4.69) is 16.6 Å². The molecule has 1 N–H and O–H groups in total. The average Bonchev–Trinajstić information content (AvgIpc) is 2.46. The van der Waals surface area contributed by atoms with Gasteiger partial charge < -0.3 is 14.8 Å². The SMILES string of the molecule is C=CCCOCCNc1ccc(C(=O)OC)c(F)c1F. The molecule has 0 spiro atoms. The Balaban J connectivity index is 2.57. The lowest BCUT2D eigenvalue weighted by Gasteiger charge is -2.10. The summed E-state index contributed by atoms with van der Waals surface area (Å²) in [6, 6.07) is 2.46. The Bertz CT molecular complexity index is 478. The minimum Gasteiger partial charge on any atom is -0.465 e. The quantitative estimate of drug-likeness (QED) is 0.453. The van der Waals surface area contributed by atoms with Crippen molar-refractivity contribution in [3.63, 3.8) is 0 Å². The molecule has 0 radical (unpaired) electrons. The van der Waals surface area contributed by atoms with E-state index >= 15 is 0 Å². The van der Waals surface area contributed by atoms with Crippen LogP contribution in [0.15, 0.2) is 24.8 Å². The summed E-state index contributed by atoms with van der Waals surface area (Å²) in [6.07, 6.45) is 2.46. The van der Waals surface area contributed by atoms with Gasteiger partial charge in [0.2, 0.25) is 0 Å². The molecule has 0 fully saturated rings. The molecule has 4 nitrogen and oxygen atoms in total. The first kappa shape index (κ1) is 16.1. The molecule has 0 saturated heterocycles. The Labute approximate surface area is 116 Å². The Kier molecular flexibility index (Phi) is 6.66. The molecule has 0 aliphatic rings. The zero-order valence-electron chi connectivity index (χ0n) is 11.2. The van der Waals surface area contributed by atoms with Gasteiger partial charge in [0.1, 0.15) is 0 Å². The fraction of sp³-hybridized carbons (Fsp3) is 0.357. The molecule has 1 aromatic rings. The van der Waals surface area contributed by atoms with Crippen molar-refractivity contribution in [3.8, 4) is 0 Å². The number of carbonyl (C=O) groups excluding carboxylic acids is 1. The first-order valence-electron chi connectivity index (χ1n) is 6.10. The molecule has 1 rings (SSSR count). The predicted molar refractivity (Wildman–Crippen MR) is 71.8 cm³/mol. The van der Waals surface area contributed by atoms with Crippen LogP contribution in [0.5, 0.6) is 0 Å². The number of rotatable bonds is 8. The summed E-state index contributed by atoms with van der Waals surface area (Å²) in [6.45, 7) is 4.76. The van der Waals surface area contributed by atoms with Crippen LogP contribution in [0.1, 0.15) is 16.8 Å². The van der Waals surface area contributed by atoms with Crippen molar-refractivity contribution in [1.29, 1.82) is 0 Å². The van der Waals surface area contributed by atoms with E-state index in [1.165, 1.54) is 12.1 Å². The number of hydrogen-bond acceptors (Lipinski definition) is 4. The third-order valence-electron chi connectivity index (χ3n) is 2.52. The minimum atomic E-state index is -1.23. The molecule has 0 aliphatic carbocycles. The maximum Gasteiger partial charge on any atom is 0.340 e. The number of esters is 1. The molecule has 0 saturated carbocycles. The predicted octanol–water partition coefficient (Wildman–Crippen LogP) is 2.76. The Morgan fingerprint density at radius 2 is 2.10 bits per heavy atom. The summed E-state index contributed by atoms with van der Waals surface area (Å²) in [4.78, 5) is 11.2. The Hall–Kier alpha value is -1.95. The van der Waals surface area contributed by atoms with E-state index in [0.29, 0.717) is 19.8 Å². The topological polar surface area (TPSA) is 47.6 Å². The number of benzene rings is 1. The fourth-order valence-electron chi connectivity index (χ4n) is 1.48. The maximum atomic E-state index is 13.7. The number of anilines is 1. The van der Waals surface area contributed by atoms with Gasteiger partial charge in [-0.05, 0) is 18.6 Å². The van der Waals surface area contributed by atoms with Gasteiger partial charge in [-0.2, -0.15) is 0 Å². The van der Waals surface area contributed by atoms with Crippen molar-refractivity contribution in [3.05, 3.63) is 42.0 Å². The van der Waals surface area contributed by atoms with E-state index < -0.39 is 23.2 Å². The lowest BCUT2D eigenvalue weighted by atomic mass is 10.2. The molecule has 0 aromatic heterocycles. The van der Waals surface area contributed by atoms with Crippen molar-refractivity contribution in [1.82, 2.24) is 0 Å². The summed E-state index contributed by atoms with van der Waals surface area (Å²) in [5.41, 5.74) is -0.458. The number of methoxy groups -OCH3 is 1. The van der Waals surface area contributed by atoms with E-state index in [-0.39, 0.29) is 5.69 Å². The lowest BCUT2D eigenvalue weighted by molar-refractivity contribution is 0.0594. The third kappa shape index (κ3) is 4.31. The second-order valence-electron chi connectivity index (χ2n) is 3.90. The highest BCUT2D eigenvalue weighted by Crippen LogP contribution is 2.21. The van der Waals surface area contributed by atoms with E-state index in [4.69, 9.17) is 4.74 Å². The number of halogens is 2. The van der Waals surface area contributed by atoms with Crippen molar-refractivity contribution in [2.24, 2.45) is 0 Å². The van der Waals surface area contributed by atoms with Gasteiger partial charge in [-0.15, -0.1) is 6.58 Å². The van der Waals surface area contributed by atoms with E-state index in [1.54, 1.807) is 6.08 Å². The van der Waals surface area contributed by atoms with Crippen LogP contribution in [-0.4, -0.2) is 32.8 Å². The second-order valence-corrected chi connectivity index (χ2v) is 3.90. The molecule has 0 unspecified atom stereocenters. The zero-order valence-corrected chi connectivity index (χ0v) is 11.2. The largest absolute Gasteiger partial charge is 0.465 e. The van der Waals surface area contributed by atoms with Gasteiger partial charge in [-0.3, -0.25) is 0 Å². The number of ether oxygens (including phenoxy) is 2. The fourth-order valence-corrected chi connectivity index (χ4v) is 1.48. The van der Waals surface area contributed by atoms with Crippen LogP contribution in [-0.2, 0) is 9.47 Å². The summed E-state index contributed by atoms with van der Waals surface area (Å²) in [5.74, 6) is -3.26. The van der Waals surface area contributed by atoms with Crippen LogP contribution >= 0.6 is 0 Å². The highest BCUT2D eigenvalue weighted by molar-refractivity contribution is 5.90. The van der Waals surface area contributed by atoms with Crippen LogP contribution in [0.3, 0.4) is 0 Å². The minimum absolute atomic E-state index is 0.0255. The summed E-state index contributed by atoms with van der Waals surface area (Å²) in [5, 5.41) is 2.70.